The molecule has 0 amide bonds. The van der Waals surface area contributed by atoms with E-state index in [1.165, 1.54) is 37.3 Å². The van der Waals surface area contributed by atoms with E-state index < -0.39 is 38.3 Å². The lowest BCUT2D eigenvalue weighted by atomic mass is 10.2. The lowest BCUT2D eigenvalue weighted by Crippen LogP contribution is -2.39. The number of alkyl halides is 3. The van der Waals surface area contributed by atoms with Crippen LogP contribution in [0.4, 0.5) is 24.5 Å². The molecule has 0 radical (unpaired) electrons. The largest absolute Gasteiger partial charge is 0.407 e. The molecular formula is C15H12ClF3N2O4S. The predicted molar refractivity (Wildman–Crippen MR) is 89.9 cm³/mol. The second-order valence-electron chi connectivity index (χ2n) is 5.29. The molecule has 0 atom stereocenters. The zero-order valence-electron chi connectivity index (χ0n) is 13.2. The number of benzene rings is 2. The van der Waals surface area contributed by atoms with Crippen LogP contribution in [0.3, 0.4) is 0 Å². The molecule has 0 saturated carbocycles. The first-order chi connectivity index (χ1) is 11.9. The highest BCUT2D eigenvalue weighted by molar-refractivity contribution is 7.93. The van der Waals surface area contributed by atoms with Gasteiger partial charge in [-0.15, -0.1) is 0 Å². The number of nitro groups is 1. The third kappa shape index (κ3) is 4.25. The Kier molecular flexibility index (Phi) is 5.47. The molecule has 0 unspecified atom stereocenters. The number of halogens is 4. The van der Waals surface area contributed by atoms with E-state index in [1.807, 2.05) is 0 Å². The number of rotatable bonds is 5. The molecule has 2 aromatic carbocycles. The average molecular weight is 409 g/mol. The maximum absolute atomic E-state index is 13.0. The Labute approximate surface area is 152 Å². The summed E-state index contributed by atoms with van der Waals surface area (Å²) in [6.07, 6.45) is -4.84. The topological polar surface area (TPSA) is 80.5 Å². The van der Waals surface area contributed by atoms with E-state index in [4.69, 9.17) is 11.6 Å². The molecule has 0 bridgehead atoms. The monoisotopic (exact) mass is 408 g/mol. The average Bonchev–Trinajstić information content (AvgIpc) is 2.54. The normalized spacial score (nSPS) is 12.0. The minimum atomic E-state index is -4.84. The molecule has 26 heavy (non-hydrogen) atoms. The Bertz CT molecular complexity index is 934. The quantitative estimate of drug-likeness (QED) is 0.545. The standard InChI is InChI=1S/C15H12ClF3N2O4S/c1-10-7-12(21(22)23)8-13(14(10)16)26(24,25)20(9-15(17,18)19)11-5-3-2-4-6-11/h2-8H,9H2,1H3. The smallest absolute Gasteiger partial charge is 0.258 e. The molecular weight excluding hydrogens is 397 g/mol. The van der Waals surface area contributed by atoms with Crippen LogP contribution in [0.5, 0.6) is 0 Å². The minimum absolute atomic E-state index is 0.0551. The van der Waals surface area contributed by atoms with Gasteiger partial charge in [-0.3, -0.25) is 14.4 Å². The van der Waals surface area contributed by atoms with Crippen molar-refractivity contribution in [2.45, 2.75) is 18.0 Å². The van der Waals surface area contributed by atoms with E-state index in [-0.39, 0.29) is 20.6 Å². The molecule has 0 heterocycles. The van der Waals surface area contributed by atoms with E-state index in [0.29, 0.717) is 6.07 Å². The van der Waals surface area contributed by atoms with Crippen molar-refractivity contribution in [1.29, 1.82) is 0 Å². The summed E-state index contributed by atoms with van der Waals surface area (Å²) >= 11 is 5.95. The minimum Gasteiger partial charge on any atom is -0.258 e. The van der Waals surface area contributed by atoms with Crippen LogP contribution < -0.4 is 4.31 Å². The Morgan fingerprint density at radius 2 is 1.77 bits per heavy atom. The number of non-ortho nitro benzene ring substituents is 1. The van der Waals surface area contributed by atoms with Crippen LogP contribution in [0.2, 0.25) is 5.02 Å². The van der Waals surface area contributed by atoms with Crippen molar-refractivity contribution in [2.24, 2.45) is 0 Å². The summed E-state index contributed by atoms with van der Waals surface area (Å²) in [5, 5.41) is 10.6. The van der Waals surface area contributed by atoms with E-state index in [1.54, 1.807) is 0 Å². The number of nitro benzene ring substituents is 1. The molecule has 11 heteroatoms. The molecule has 0 aliphatic rings. The van der Waals surface area contributed by atoms with Gasteiger partial charge in [-0.2, -0.15) is 13.2 Å². The number of nitrogens with zero attached hydrogens (tertiary/aromatic N) is 2. The van der Waals surface area contributed by atoms with Gasteiger partial charge in [0.2, 0.25) is 0 Å². The highest BCUT2D eigenvalue weighted by atomic mass is 35.5. The molecule has 0 N–H and O–H groups in total. The van der Waals surface area contributed by atoms with Crippen molar-refractivity contribution >= 4 is 33.0 Å². The predicted octanol–water partition coefficient (Wildman–Crippen LogP) is 4.31. The summed E-state index contributed by atoms with van der Waals surface area (Å²) in [5.41, 5.74) is -0.782. The van der Waals surface area contributed by atoms with Crippen LogP contribution in [-0.2, 0) is 10.0 Å². The van der Waals surface area contributed by atoms with Crippen LogP contribution in [0.25, 0.3) is 0 Å². The van der Waals surface area contributed by atoms with Gasteiger partial charge in [0.15, 0.2) is 0 Å². The van der Waals surface area contributed by atoms with Crippen LogP contribution >= 0.6 is 11.6 Å². The van der Waals surface area contributed by atoms with Gasteiger partial charge < -0.3 is 0 Å². The number of sulfonamides is 1. The summed E-state index contributed by atoms with van der Waals surface area (Å²) in [4.78, 5) is 9.37. The molecule has 140 valence electrons. The molecule has 0 spiro atoms. The Hall–Kier alpha value is -2.33. The number of aryl methyl sites for hydroxylation is 1. The first kappa shape index (κ1) is 20.0. The van der Waals surface area contributed by atoms with Gasteiger partial charge >= 0.3 is 6.18 Å². The highest BCUT2D eigenvalue weighted by Gasteiger charge is 2.39. The summed E-state index contributed by atoms with van der Waals surface area (Å²) in [6, 6.07) is 8.30. The van der Waals surface area contributed by atoms with Crippen LogP contribution in [-0.4, -0.2) is 26.1 Å². The molecule has 2 rings (SSSR count). The van der Waals surface area contributed by atoms with Crippen LogP contribution in [0.1, 0.15) is 5.56 Å². The highest BCUT2D eigenvalue weighted by Crippen LogP contribution is 2.35. The fraction of sp³-hybridized carbons (Fsp3) is 0.200. The van der Waals surface area contributed by atoms with Gasteiger partial charge in [0.25, 0.3) is 15.7 Å². The number of anilines is 1. The summed E-state index contributed by atoms with van der Waals surface area (Å²) in [6.45, 7) is -0.484. The molecule has 0 aliphatic heterocycles. The molecule has 0 aromatic heterocycles. The lowest BCUT2D eigenvalue weighted by Gasteiger charge is -2.26. The van der Waals surface area contributed by atoms with Crippen molar-refractivity contribution in [3.05, 3.63) is 63.2 Å². The van der Waals surface area contributed by atoms with Crippen LogP contribution in [0, 0.1) is 17.0 Å². The van der Waals surface area contributed by atoms with E-state index in [0.717, 1.165) is 6.07 Å². The van der Waals surface area contributed by atoms with Gasteiger partial charge in [-0.1, -0.05) is 29.8 Å². The van der Waals surface area contributed by atoms with Crippen molar-refractivity contribution < 1.29 is 26.5 Å². The van der Waals surface area contributed by atoms with Gasteiger partial charge in [0.05, 0.1) is 15.6 Å². The van der Waals surface area contributed by atoms with E-state index in [9.17, 15) is 31.7 Å². The fourth-order valence-corrected chi connectivity index (χ4v) is 4.21. The number of para-hydroxylation sites is 1. The fourth-order valence-electron chi connectivity index (χ4n) is 2.20. The van der Waals surface area contributed by atoms with Crippen molar-refractivity contribution in [2.75, 3.05) is 10.8 Å². The maximum atomic E-state index is 13.0. The second-order valence-corrected chi connectivity index (χ2v) is 7.50. The van der Waals surface area contributed by atoms with Gasteiger partial charge in [0, 0.05) is 12.1 Å². The molecule has 0 saturated heterocycles. The maximum Gasteiger partial charge on any atom is 0.407 e. The van der Waals surface area contributed by atoms with E-state index in [2.05, 4.69) is 0 Å². The second kappa shape index (κ2) is 7.12. The first-order valence-corrected chi connectivity index (χ1v) is 8.84. The first-order valence-electron chi connectivity index (χ1n) is 7.02. The third-order valence-corrected chi connectivity index (χ3v) is 5.76. The number of hydrogen-bond donors (Lipinski definition) is 0. The Balaban J connectivity index is 2.70. The van der Waals surface area contributed by atoms with E-state index >= 15 is 0 Å². The molecule has 0 aliphatic carbocycles. The van der Waals surface area contributed by atoms with Crippen LogP contribution in [0.15, 0.2) is 47.4 Å². The lowest BCUT2D eigenvalue weighted by molar-refractivity contribution is -0.385. The van der Waals surface area contributed by atoms with Gasteiger partial charge in [0.1, 0.15) is 11.4 Å². The molecule has 2 aromatic rings. The van der Waals surface area contributed by atoms with Crippen molar-refractivity contribution in [3.8, 4) is 0 Å². The summed E-state index contributed by atoms with van der Waals surface area (Å²) < 4.78 is 64.8. The van der Waals surface area contributed by atoms with Gasteiger partial charge in [-0.25, -0.2) is 8.42 Å². The SMILES string of the molecule is Cc1cc([N+](=O)[O-])cc(S(=O)(=O)N(CC(F)(F)F)c2ccccc2)c1Cl. The molecule has 6 nitrogen and oxygen atoms in total. The Morgan fingerprint density at radius 3 is 2.27 bits per heavy atom. The zero-order valence-corrected chi connectivity index (χ0v) is 14.8. The van der Waals surface area contributed by atoms with Crippen molar-refractivity contribution in [3.63, 3.8) is 0 Å². The summed E-state index contributed by atoms with van der Waals surface area (Å²) in [7, 11) is -4.82. The van der Waals surface area contributed by atoms with Gasteiger partial charge in [-0.05, 0) is 24.6 Å². The molecule has 0 fully saturated rings. The summed E-state index contributed by atoms with van der Waals surface area (Å²) in [5.74, 6) is 0. The van der Waals surface area contributed by atoms with Crippen molar-refractivity contribution in [1.82, 2.24) is 0 Å². The Morgan fingerprint density at radius 1 is 1.19 bits per heavy atom. The number of hydrogen-bond acceptors (Lipinski definition) is 4. The zero-order chi connectivity index (χ0) is 19.7. The third-order valence-electron chi connectivity index (χ3n) is 3.35.